The summed E-state index contributed by atoms with van der Waals surface area (Å²) in [6, 6.07) is 6.20. The van der Waals surface area contributed by atoms with E-state index in [1.807, 2.05) is 19.9 Å². The summed E-state index contributed by atoms with van der Waals surface area (Å²) >= 11 is 0. The van der Waals surface area contributed by atoms with Crippen LogP contribution in [-0.4, -0.2) is 16.5 Å². The van der Waals surface area contributed by atoms with Gasteiger partial charge < -0.3 is 14.1 Å². The zero-order valence-electron chi connectivity index (χ0n) is 13.0. The molecule has 0 atom stereocenters. The Morgan fingerprint density at radius 1 is 1.35 bits per heavy atom. The summed E-state index contributed by atoms with van der Waals surface area (Å²) in [6.45, 7) is 7.81. The van der Waals surface area contributed by atoms with Gasteiger partial charge in [0.15, 0.2) is 0 Å². The lowest BCUT2D eigenvalue weighted by Crippen LogP contribution is -2.05. The average Bonchev–Trinajstić information content (AvgIpc) is 2.59. The lowest BCUT2D eigenvalue weighted by Gasteiger charge is -2.10. The van der Waals surface area contributed by atoms with E-state index in [1.165, 1.54) is 22.2 Å². The Morgan fingerprint density at radius 3 is 2.65 bits per heavy atom. The Kier molecular flexibility index (Phi) is 4.17. The van der Waals surface area contributed by atoms with Crippen molar-refractivity contribution >= 4 is 16.7 Å². The summed E-state index contributed by atoms with van der Waals surface area (Å²) in [4.78, 5) is 11.3. The number of hydrogen-bond donors (Lipinski definition) is 0. The highest BCUT2D eigenvalue weighted by molar-refractivity contribution is 5.87. The molecular weight excluding hydrogens is 250 g/mol. The molecular formula is C17H23NO2. The Morgan fingerprint density at radius 2 is 2.05 bits per heavy atom. The number of rotatable bonds is 5. The first-order chi connectivity index (χ1) is 9.40. The maximum atomic E-state index is 11.3. The van der Waals surface area contributed by atoms with Crippen molar-refractivity contribution in [2.45, 2.75) is 46.6 Å². The SMILES string of the molecule is CC(=O)CCc1c(C)n(C)c2ccc(OC(C)C)cc12. The third-order valence-electron chi connectivity index (χ3n) is 3.69. The molecule has 0 radical (unpaired) electrons. The second kappa shape index (κ2) is 5.70. The second-order valence-corrected chi connectivity index (χ2v) is 5.67. The van der Waals surface area contributed by atoms with Crippen LogP contribution in [0.1, 0.15) is 38.4 Å². The molecule has 0 fully saturated rings. The highest BCUT2D eigenvalue weighted by Crippen LogP contribution is 2.30. The van der Waals surface area contributed by atoms with E-state index >= 15 is 0 Å². The fourth-order valence-corrected chi connectivity index (χ4v) is 2.59. The first-order valence-electron chi connectivity index (χ1n) is 7.14. The number of fused-ring (bicyclic) bond motifs is 1. The fraction of sp³-hybridized carbons (Fsp3) is 0.471. The molecule has 20 heavy (non-hydrogen) atoms. The molecule has 0 saturated heterocycles. The number of carbonyl (C=O) groups is 1. The van der Waals surface area contributed by atoms with E-state index in [-0.39, 0.29) is 11.9 Å². The van der Waals surface area contributed by atoms with Gasteiger partial charge >= 0.3 is 0 Å². The first-order valence-corrected chi connectivity index (χ1v) is 7.14. The maximum absolute atomic E-state index is 11.3. The fourth-order valence-electron chi connectivity index (χ4n) is 2.59. The van der Waals surface area contributed by atoms with Gasteiger partial charge in [-0.2, -0.15) is 0 Å². The van der Waals surface area contributed by atoms with Crippen LogP contribution >= 0.6 is 0 Å². The van der Waals surface area contributed by atoms with E-state index in [0.717, 1.165) is 12.2 Å². The van der Waals surface area contributed by atoms with Gasteiger partial charge in [0, 0.05) is 30.1 Å². The Bertz CT molecular complexity index is 638. The van der Waals surface area contributed by atoms with E-state index in [4.69, 9.17) is 4.74 Å². The van der Waals surface area contributed by atoms with Crippen molar-refractivity contribution in [1.82, 2.24) is 4.57 Å². The number of benzene rings is 1. The van der Waals surface area contributed by atoms with Crippen LogP contribution in [0.3, 0.4) is 0 Å². The third-order valence-corrected chi connectivity index (χ3v) is 3.69. The number of Topliss-reactive ketones (excluding diaryl/α,β-unsaturated/α-hetero) is 1. The molecule has 2 aromatic rings. The van der Waals surface area contributed by atoms with Gasteiger partial charge in [-0.15, -0.1) is 0 Å². The summed E-state index contributed by atoms with van der Waals surface area (Å²) in [5, 5.41) is 1.20. The Hall–Kier alpha value is -1.77. The molecule has 0 spiro atoms. The largest absolute Gasteiger partial charge is 0.491 e. The Labute approximate surface area is 120 Å². The molecule has 0 aliphatic carbocycles. The van der Waals surface area contributed by atoms with Crippen LogP contribution < -0.4 is 4.74 Å². The van der Waals surface area contributed by atoms with E-state index in [0.29, 0.717) is 6.42 Å². The number of nitrogens with zero attached hydrogens (tertiary/aromatic N) is 1. The van der Waals surface area contributed by atoms with Crippen LogP contribution in [0.4, 0.5) is 0 Å². The van der Waals surface area contributed by atoms with E-state index in [9.17, 15) is 4.79 Å². The van der Waals surface area contributed by atoms with Crippen molar-refractivity contribution in [2.24, 2.45) is 7.05 Å². The lowest BCUT2D eigenvalue weighted by atomic mass is 10.0. The van der Waals surface area contributed by atoms with Crippen LogP contribution in [-0.2, 0) is 18.3 Å². The van der Waals surface area contributed by atoms with Crippen molar-refractivity contribution in [3.05, 3.63) is 29.5 Å². The van der Waals surface area contributed by atoms with E-state index in [2.05, 4.69) is 30.7 Å². The van der Waals surface area contributed by atoms with Gasteiger partial charge in [0.25, 0.3) is 0 Å². The van der Waals surface area contributed by atoms with Gasteiger partial charge in [-0.25, -0.2) is 0 Å². The number of hydrogen-bond acceptors (Lipinski definition) is 2. The van der Waals surface area contributed by atoms with Crippen LogP contribution in [0.5, 0.6) is 5.75 Å². The smallest absolute Gasteiger partial charge is 0.130 e. The predicted octanol–water partition coefficient (Wildman–Crippen LogP) is 3.80. The zero-order chi connectivity index (χ0) is 14.9. The molecule has 0 amide bonds. The molecule has 1 aromatic carbocycles. The molecule has 1 heterocycles. The molecule has 1 aromatic heterocycles. The highest BCUT2D eigenvalue weighted by Gasteiger charge is 2.13. The normalized spacial score (nSPS) is 11.3. The standard InChI is InChI=1S/C17H23NO2/c1-11(2)20-14-7-9-17-16(10-14)15(8-6-12(3)19)13(4)18(17)5/h7,9-11H,6,8H2,1-5H3. The molecule has 0 aliphatic rings. The Balaban J connectivity index is 2.48. The molecule has 0 saturated carbocycles. The topological polar surface area (TPSA) is 31.2 Å². The number of aryl methyl sites for hydroxylation is 2. The van der Waals surface area contributed by atoms with E-state index in [1.54, 1.807) is 6.92 Å². The summed E-state index contributed by atoms with van der Waals surface area (Å²) in [6.07, 6.45) is 1.55. The average molecular weight is 273 g/mol. The minimum Gasteiger partial charge on any atom is -0.491 e. The zero-order valence-corrected chi connectivity index (χ0v) is 13.0. The first kappa shape index (κ1) is 14.6. The van der Waals surface area contributed by atoms with Crippen LogP contribution in [0.15, 0.2) is 18.2 Å². The van der Waals surface area contributed by atoms with Gasteiger partial charge in [-0.05, 0) is 57.9 Å². The van der Waals surface area contributed by atoms with Crippen LogP contribution in [0, 0.1) is 6.92 Å². The van der Waals surface area contributed by atoms with Gasteiger partial charge in [0.1, 0.15) is 11.5 Å². The number of ketones is 1. The molecule has 0 aliphatic heterocycles. The summed E-state index contributed by atoms with van der Waals surface area (Å²) in [7, 11) is 2.07. The minimum absolute atomic E-state index is 0.165. The molecule has 0 bridgehead atoms. The molecule has 3 heteroatoms. The highest BCUT2D eigenvalue weighted by atomic mass is 16.5. The van der Waals surface area contributed by atoms with Gasteiger partial charge in [0.2, 0.25) is 0 Å². The van der Waals surface area contributed by atoms with Gasteiger partial charge in [-0.1, -0.05) is 0 Å². The molecule has 108 valence electrons. The van der Waals surface area contributed by atoms with Crippen LogP contribution in [0.2, 0.25) is 0 Å². The quantitative estimate of drug-likeness (QED) is 0.829. The minimum atomic E-state index is 0.165. The summed E-state index contributed by atoms with van der Waals surface area (Å²) in [5.41, 5.74) is 3.67. The van der Waals surface area contributed by atoms with Gasteiger partial charge in [-0.3, -0.25) is 0 Å². The van der Waals surface area contributed by atoms with Crippen molar-refractivity contribution in [3.63, 3.8) is 0 Å². The molecule has 0 N–H and O–H groups in total. The number of carbonyl (C=O) groups excluding carboxylic acids is 1. The number of aromatic nitrogens is 1. The van der Waals surface area contributed by atoms with Crippen molar-refractivity contribution in [1.29, 1.82) is 0 Å². The van der Waals surface area contributed by atoms with E-state index < -0.39 is 0 Å². The van der Waals surface area contributed by atoms with Crippen molar-refractivity contribution < 1.29 is 9.53 Å². The third kappa shape index (κ3) is 2.87. The summed E-state index contributed by atoms with van der Waals surface area (Å²) < 4.78 is 7.96. The molecule has 3 nitrogen and oxygen atoms in total. The van der Waals surface area contributed by atoms with Gasteiger partial charge in [0.05, 0.1) is 6.10 Å². The summed E-state index contributed by atoms with van der Waals surface area (Å²) in [5.74, 6) is 1.12. The van der Waals surface area contributed by atoms with Crippen LogP contribution in [0.25, 0.3) is 10.9 Å². The number of ether oxygens (including phenoxy) is 1. The molecule has 2 rings (SSSR count). The monoisotopic (exact) mass is 273 g/mol. The maximum Gasteiger partial charge on any atom is 0.130 e. The predicted molar refractivity (Wildman–Crippen MR) is 82.4 cm³/mol. The van der Waals surface area contributed by atoms with Crippen molar-refractivity contribution in [3.8, 4) is 5.75 Å². The lowest BCUT2D eigenvalue weighted by molar-refractivity contribution is -0.116. The molecule has 0 unspecified atom stereocenters. The second-order valence-electron chi connectivity index (χ2n) is 5.67. The van der Waals surface area contributed by atoms with Crippen molar-refractivity contribution in [2.75, 3.05) is 0 Å².